The molecule has 0 radical (unpaired) electrons. The largest absolute Gasteiger partial charge is 0.369 e. The van der Waals surface area contributed by atoms with Gasteiger partial charge in [0.2, 0.25) is 0 Å². The number of nitrogens with one attached hydrogen (secondary N) is 1. The maximum atomic E-state index is 13.6. The molecule has 7 nitrogen and oxygen atoms in total. The average Bonchev–Trinajstić information content (AvgIpc) is 2.80. The molecule has 0 saturated carbocycles. The number of nitrogens with zero attached hydrogens (tertiary/aromatic N) is 5. The molecule has 4 rings (SSSR count). The molecule has 2 aliphatic heterocycles. The van der Waals surface area contributed by atoms with Gasteiger partial charge in [-0.1, -0.05) is 6.07 Å². The molecule has 2 aliphatic rings. The van der Waals surface area contributed by atoms with Crippen LogP contribution in [-0.2, 0) is 0 Å². The molecule has 3 N–H and O–H groups in total. The number of benzene rings is 1. The van der Waals surface area contributed by atoms with E-state index in [-0.39, 0.29) is 11.9 Å². The molecule has 0 unspecified atom stereocenters. The van der Waals surface area contributed by atoms with Gasteiger partial charge in [-0.2, -0.15) is 0 Å². The second-order valence-corrected chi connectivity index (χ2v) is 8.50. The third-order valence-electron chi connectivity index (χ3n) is 6.22. The summed E-state index contributed by atoms with van der Waals surface area (Å²) in [4.78, 5) is 16.1. The van der Waals surface area contributed by atoms with Crippen LogP contribution in [0.5, 0.6) is 0 Å². The van der Waals surface area contributed by atoms with E-state index in [2.05, 4.69) is 36.1 Å². The Labute approximate surface area is 184 Å². The van der Waals surface area contributed by atoms with Crippen LogP contribution in [0.3, 0.4) is 0 Å². The lowest BCUT2D eigenvalue weighted by Gasteiger charge is -2.36. The summed E-state index contributed by atoms with van der Waals surface area (Å²) in [5, 5.41) is 3.58. The highest BCUT2D eigenvalue weighted by Crippen LogP contribution is 2.23. The van der Waals surface area contributed by atoms with E-state index in [0.717, 1.165) is 88.9 Å². The van der Waals surface area contributed by atoms with Gasteiger partial charge in [-0.05, 0) is 57.0 Å². The van der Waals surface area contributed by atoms with E-state index in [0.29, 0.717) is 0 Å². The minimum Gasteiger partial charge on any atom is -0.369 e. The molecule has 1 aromatic heterocycles. The van der Waals surface area contributed by atoms with Crippen LogP contribution in [0.2, 0.25) is 0 Å². The minimum absolute atomic E-state index is 0.187. The first-order valence-corrected chi connectivity index (χ1v) is 11.5. The second kappa shape index (κ2) is 10.7. The number of nitrogens with two attached hydrogens (primary N) is 1. The SMILES string of the molecule is NCCCCN1CCN(c2cc(N[C@@H]3CCCN(c4cccc(F)c4)C3)ncn2)CC1. The smallest absolute Gasteiger partial charge is 0.134 e. The summed E-state index contributed by atoms with van der Waals surface area (Å²) < 4.78 is 13.6. The third kappa shape index (κ3) is 6.04. The van der Waals surface area contributed by atoms with E-state index < -0.39 is 0 Å². The Morgan fingerprint density at radius 2 is 1.90 bits per heavy atom. The quantitative estimate of drug-likeness (QED) is 0.627. The Morgan fingerprint density at radius 3 is 2.71 bits per heavy atom. The van der Waals surface area contributed by atoms with Crippen LogP contribution in [0.1, 0.15) is 25.7 Å². The number of piperazine rings is 1. The lowest BCUT2D eigenvalue weighted by atomic mass is 10.0. The Balaban J connectivity index is 1.31. The Morgan fingerprint density at radius 1 is 1.03 bits per heavy atom. The van der Waals surface area contributed by atoms with E-state index >= 15 is 0 Å². The van der Waals surface area contributed by atoms with Crippen LogP contribution in [-0.4, -0.2) is 73.3 Å². The first-order valence-electron chi connectivity index (χ1n) is 11.5. The van der Waals surface area contributed by atoms with E-state index in [1.165, 1.54) is 12.5 Å². The van der Waals surface area contributed by atoms with Gasteiger partial charge in [0, 0.05) is 57.1 Å². The van der Waals surface area contributed by atoms with Gasteiger partial charge in [-0.15, -0.1) is 0 Å². The van der Waals surface area contributed by atoms with Crippen molar-refractivity contribution in [3.05, 3.63) is 42.5 Å². The topological polar surface area (TPSA) is 73.6 Å². The van der Waals surface area contributed by atoms with Crippen molar-refractivity contribution >= 4 is 17.3 Å². The van der Waals surface area contributed by atoms with E-state index in [9.17, 15) is 4.39 Å². The normalized spacial score (nSPS) is 20.1. The molecule has 31 heavy (non-hydrogen) atoms. The fourth-order valence-electron chi connectivity index (χ4n) is 4.49. The monoisotopic (exact) mass is 427 g/mol. The summed E-state index contributed by atoms with van der Waals surface area (Å²) in [6.45, 7) is 7.77. The summed E-state index contributed by atoms with van der Waals surface area (Å²) in [7, 11) is 0. The summed E-state index contributed by atoms with van der Waals surface area (Å²) >= 11 is 0. The Hall–Kier alpha value is -2.45. The average molecular weight is 428 g/mol. The molecule has 8 heteroatoms. The van der Waals surface area contributed by atoms with Gasteiger partial charge in [0.1, 0.15) is 23.8 Å². The maximum Gasteiger partial charge on any atom is 0.134 e. The highest BCUT2D eigenvalue weighted by molar-refractivity contribution is 5.51. The molecule has 2 fully saturated rings. The van der Waals surface area contributed by atoms with Crippen molar-refractivity contribution in [1.82, 2.24) is 14.9 Å². The van der Waals surface area contributed by atoms with E-state index in [4.69, 9.17) is 5.73 Å². The predicted molar refractivity (Wildman–Crippen MR) is 124 cm³/mol. The molecule has 168 valence electrons. The maximum absolute atomic E-state index is 13.6. The number of piperidine rings is 1. The third-order valence-corrected chi connectivity index (χ3v) is 6.22. The Bertz CT molecular complexity index is 825. The first kappa shape index (κ1) is 21.8. The number of unbranched alkanes of at least 4 members (excludes halogenated alkanes) is 1. The number of anilines is 3. The first-order chi connectivity index (χ1) is 15.2. The van der Waals surface area contributed by atoms with Crippen molar-refractivity contribution in [3.63, 3.8) is 0 Å². The minimum atomic E-state index is -0.187. The molecular formula is C23H34FN7. The number of hydrogen-bond donors (Lipinski definition) is 2. The van der Waals surface area contributed by atoms with Crippen molar-refractivity contribution in [2.24, 2.45) is 5.73 Å². The van der Waals surface area contributed by atoms with Gasteiger partial charge < -0.3 is 20.9 Å². The lowest BCUT2D eigenvalue weighted by molar-refractivity contribution is 0.253. The van der Waals surface area contributed by atoms with E-state index in [1.807, 2.05) is 6.07 Å². The van der Waals surface area contributed by atoms with Gasteiger partial charge >= 0.3 is 0 Å². The van der Waals surface area contributed by atoms with E-state index in [1.54, 1.807) is 18.5 Å². The summed E-state index contributed by atoms with van der Waals surface area (Å²) in [5.41, 5.74) is 6.55. The molecule has 1 aromatic carbocycles. The zero-order chi connectivity index (χ0) is 21.5. The Kier molecular flexibility index (Phi) is 7.53. The number of rotatable bonds is 8. The standard InChI is InChI=1S/C23H34FN7/c24-19-5-3-7-21(15-19)31-10-4-6-20(17-31)28-22-16-23(27-18-26-22)30-13-11-29(12-14-30)9-2-1-8-25/h3,5,7,15-16,18,20H,1-2,4,6,8-14,17,25H2,(H,26,27,28)/t20-/m1/s1. The van der Waals surface area contributed by atoms with Crippen LogP contribution in [0.25, 0.3) is 0 Å². The van der Waals surface area contributed by atoms with Gasteiger partial charge in [-0.25, -0.2) is 14.4 Å². The van der Waals surface area contributed by atoms with Gasteiger partial charge in [0.15, 0.2) is 0 Å². The fourth-order valence-corrected chi connectivity index (χ4v) is 4.49. The van der Waals surface area contributed by atoms with Crippen LogP contribution in [0.4, 0.5) is 21.7 Å². The van der Waals surface area contributed by atoms with Crippen LogP contribution in [0, 0.1) is 5.82 Å². The van der Waals surface area contributed by atoms with Crippen molar-refractivity contribution < 1.29 is 4.39 Å². The van der Waals surface area contributed by atoms with Crippen molar-refractivity contribution in [1.29, 1.82) is 0 Å². The second-order valence-electron chi connectivity index (χ2n) is 8.50. The lowest BCUT2D eigenvalue weighted by Crippen LogP contribution is -2.47. The van der Waals surface area contributed by atoms with Crippen molar-refractivity contribution in [2.45, 2.75) is 31.7 Å². The number of hydrogen-bond acceptors (Lipinski definition) is 7. The van der Waals surface area contributed by atoms with Crippen LogP contribution >= 0.6 is 0 Å². The van der Waals surface area contributed by atoms with Gasteiger partial charge in [0.25, 0.3) is 0 Å². The molecule has 2 saturated heterocycles. The highest BCUT2D eigenvalue weighted by atomic mass is 19.1. The van der Waals surface area contributed by atoms with Gasteiger partial charge in [0.05, 0.1) is 0 Å². The molecular weight excluding hydrogens is 393 g/mol. The molecule has 0 aliphatic carbocycles. The molecule has 0 spiro atoms. The summed E-state index contributed by atoms with van der Waals surface area (Å²) in [6.07, 6.45) is 6.06. The molecule has 1 atom stereocenters. The zero-order valence-corrected chi connectivity index (χ0v) is 18.2. The summed E-state index contributed by atoms with van der Waals surface area (Å²) in [6, 6.07) is 9.19. The fraction of sp³-hybridized carbons (Fsp3) is 0.565. The van der Waals surface area contributed by atoms with Gasteiger partial charge in [-0.3, -0.25) is 4.90 Å². The highest BCUT2D eigenvalue weighted by Gasteiger charge is 2.22. The van der Waals surface area contributed by atoms with Crippen LogP contribution in [0.15, 0.2) is 36.7 Å². The molecule has 0 bridgehead atoms. The van der Waals surface area contributed by atoms with Crippen molar-refractivity contribution in [2.75, 3.05) is 67.5 Å². The molecule has 3 heterocycles. The molecule has 0 amide bonds. The predicted octanol–water partition coefficient (Wildman–Crippen LogP) is 2.56. The number of halogens is 1. The molecule has 2 aromatic rings. The summed E-state index contributed by atoms with van der Waals surface area (Å²) in [5.74, 6) is 1.66. The number of aromatic nitrogens is 2. The zero-order valence-electron chi connectivity index (χ0n) is 18.2. The van der Waals surface area contributed by atoms with Crippen molar-refractivity contribution in [3.8, 4) is 0 Å². The van der Waals surface area contributed by atoms with Crippen LogP contribution < -0.4 is 20.9 Å².